The van der Waals surface area contributed by atoms with Gasteiger partial charge in [0.25, 0.3) is 6.71 Å². The summed E-state index contributed by atoms with van der Waals surface area (Å²) >= 11 is 0. The first-order valence-corrected chi connectivity index (χ1v) is 9.22. The molecule has 27 heavy (non-hydrogen) atoms. The zero-order valence-electron chi connectivity index (χ0n) is 15.3. The number of hydrogen-bond acceptors (Lipinski definition) is 4. The van der Waals surface area contributed by atoms with Crippen LogP contribution in [0, 0.1) is 11.2 Å². The average molecular weight is 370 g/mol. The average Bonchev–Trinajstić information content (AvgIpc) is 2.99. The number of aryl methyl sites for hydroxylation is 1. The fourth-order valence-electron chi connectivity index (χ4n) is 4.10. The Bertz CT molecular complexity index is 875. The van der Waals surface area contributed by atoms with Crippen molar-refractivity contribution in [3.05, 3.63) is 46.8 Å². The molecule has 3 heterocycles. The van der Waals surface area contributed by atoms with Gasteiger partial charge in [-0.1, -0.05) is 18.5 Å². The highest BCUT2D eigenvalue weighted by molar-refractivity contribution is 6.66. The number of ether oxygens (including phenoxy) is 1. The molecule has 2 aromatic rings. The Kier molecular flexibility index (Phi) is 4.64. The minimum absolute atomic E-state index is 0.0229. The van der Waals surface area contributed by atoms with E-state index in [2.05, 4.69) is 11.1 Å². The molecule has 0 unspecified atom stereocenters. The summed E-state index contributed by atoms with van der Waals surface area (Å²) in [5, 5.41) is 13.7. The van der Waals surface area contributed by atoms with Crippen LogP contribution in [0.5, 0.6) is 5.75 Å². The molecular weight excluding hydrogens is 349 g/mol. The van der Waals surface area contributed by atoms with Crippen molar-refractivity contribution >= 4 is 6.71 Å². The summed E-state index contributed by atoms with van der Waals surface area (Å²) in [5.41, 5.74) is 2.34. The van der Waals surface area contributed by atoms with Gasteiger partial charge in [0.2, 0.25) is 0 Å². The second kappa shape index (κ2) is 6.97. The highest BCUT2D eigenvalue weighted by Gasteiger charge is 2.44. The molecular formula is C19H21BF2N4O. The van der Waals surface area contributed by atoms with Crippen LogP contribution in [0.2, 0.25) is 6.32 Å². The van der Waals surface area contributed by atoms with Gasteiger partial charge in [-0.3, -0.25) is 9.58 Å². The SMILES string of the molecule is COc1ccc(CN2CCn3nc4c(c3C(F)(F)C2)CB(C#N)CC4)cc1. The largest absolute Gasteiger partial charge is 0.497 e. The number of fused-ring (bicyclic) bond motifs is 3. The van der Waals surface area contributed by atoms with Crippen LogP contribution in [-0.4, -0.2) is 41.6 Å². The van der Waals surface area contributed by atoms with Crippen LogP contribution in [0.3, 0.4) is 0 Å². The maximum absolute atomic E-state index is 15.2. The summed E-state index contributed by atoms with van der Waals surface area (Å²) in [7, 11) is 1.60. The minimum Gasteiger partial charge on any atom is -0.497 e. The Hall–Kier alpha value is -2.40. The van der Waals surface area contributed by atoms with E-state index in [1.165, 1.54) is 4.68 Å². The highest BCUT2D eigenvalue weighted by Crippen LogP contribution is 2.38. The number of nitrogens with zero attached hydrogens (tertiary/aromatic N) is 4. The molecule has 0 N–H and O–H groups in total. The molecule has 0 amide bonds. The van der Waals surface area contributed by atoms with E-state index in [1.807, 2.05) is 24.3 Å². The number of alkyl halides is 2. The quantitative estimate of drug-likeness (QED) is 0.780. The number of nitriles is 1. The van der Waals surface area contributed by atoms with Gasteiger partial charge in [-0.25, -0.2) is 5.26 Å². The molecule has 5 nitrogen and oxygen atoms in total. The molecule has 2 aliphatic heterocycles. The van der Waals surface area contributed by atoms with Crippen LogP contribution >= 0.6 is 0 Å². The van der Waals surface area contributed by atoms with Crippen molar-refractivity contribution in [1.29, 1.82) is 5.26 Å². The molecule has 0 aliphatic carbocycles. The highest BCUT2D eigenvalue weighted by atomic mass is 19.3. The van der Waals surface area contributed by atoms with Crippen LogP contribution in [0.1, 0.15) is 22.5 Å². The van der Waals surface area contributed by atoms with E-state index >= 15 is 8.78 Å². The van der Waals surface area contributed by atoms with Crippen molar-refractivity contribution < 1.29 is 13.5 Å². The maximum atomic E-state index is 15.2. The summed E-state index contributed by atoms with van der Waals surface area (Å²) in [5.74, 6) is -0.00381. The van der Waals surface area contributed by atoms with Crippen LogP contribution < -0.4 is 4.74 Å². The van der Waals surface area contributed by atoms with Gasteiger partial charge in [-0.2, -0.15) is 13.9 Å². The molecule has 140 valence electrons. The predicted octanol–water partition coefficient (Wildman–Crippen LogP) is 2.69. The van der Waals surface area contributed by atoms with Crippen LogP contribution in [0.25, 0.3) is 0 Å². The Morgan fingerprint density at radius 1 is 1.30 bits per heavy atom. The molecule has 0 spiro atoms. The molecule has 0 bridgehead atoms. The lowest BCUT2D eigenvalue weighted by Gasteiger charge is -2.25. The van der Waals surface area contributed by atoms with Crippen molar-refractivity contribution in [2.24, 2.45) is 0 Å². The predicted molar refractivity (Wildman–Crippen MR) is 98.0 cm³/mol. The van der Waals surface area contributed by atoms with Crippen LogP contribution in [0.15, 0.2) is 24.3 Å². The van der Waals surface area contributed by atoms with E-state index in [4.69, 9.17) is 4.74 Å². The van der Waals surface area contributed by atoms with Crippen LogP contribution in [0.4, 0.5) is 8.78 Å². The first-order chi connectivity index (χ1) is 13.0. The van der Waals surface area contributed by atoms with E-state index in [-0.39, 0.29) is 19.0 Å². The zero-order chi connectivity index (χ0) is 19.0. The van der Waals surface area contributed by atoms with Crippen molar-refractivity contribution in [1.82, 2.24) is 14.7 Å². The smallest absolute Gasteiger partial charge is 0.302 e. The fraction of sp³-hybridized carbons (Fsp3) is 0.474. The molecule has 1 aromatic heterocycles. The Balaban J connectivity index is 1.57. The maximum Gasteiger partial charge on any atom is 0.302 e. The van der Waals surface area contributed by atoms with E-state index in [9.17, 15) is 5.26 Å². The minimum atomic E-state index is -2.99. The lowest BCUT2D eigenvalue weighted by atomic mass is 9.42. The van der Waals surface area contributed by atoms with Crippen molar-refractivity contribution in [3.63, 3.8) is 0 Å². The third-order valence-corrected chi connectivity index (χ3v) is 5.46. The standard InChI is InChI=1S/C19H21BF2N4O/c1-27-15-4-2-14(3-5-15)11-25-8-9-26-18(19(21,22)12-25)16-10-20(13-23)7-6-17(16)24-26/h2-5H,6-12H2,1H3. The van der Waals surface area contributed by atoms with Crippen molar-refractivity contribution in [3.8, 4) is 11.7 Å². The molecule has 4 rings (SSSR count). The van der Waals surface area contributed by atoms with Gasteiger partial charge in [0, 0.05) is 19.1 Å². The topological polar surface area (TPSA) is 54.1 Å². The first-order valence-electron chi connectivity index (χ1n) is 9.22. The number of aromatic nitrogens is 2. The second-order valence-electron chi connectivity index (χ2n) is 7.33. The third kappa shape index (κ3) is 3.44. The Labute approximate surface area is 157 Å². The van der Waals surface area contributed by atoms with E-state index in [0.29, 0.717) is 44.3 Å². The number of hydrogen-bond donors (Lipinski definition) is 0. The van der Waals surface area contributed by atoms with Gasteiger partial charge in [0.1, 0.15) is 11.4 Å². The van der Waals surface area contributed by atoms with Gasteiger partial charge >= 0.3 is 5.92 Å². The number of rotatable bonds is 3. The van der Waals surface area contributed by atoms with Crippen molar-refractivity contribution in [2.75, 3.05) is 20.2 Å². The normalized spacial score (nSPS) is 19.0. The molecule has 0 saturated carbocycles. The van der Waals surface area contributed by atoms with Gasteiger partial charge in [-0.15, -0.1) is 0 Å². The third-order valence-electron chi connectivity index (χ3n) is 5.46. The zero-order valence-corrected chi connectivity index (χ0v) is 15.3. The lowest BCUT2D eigenvalue weighted by molar-refractivity contribution is -0.0387. The molecule has 8 heteroatoms. The van der Waals surface area contributed by atoms with E-state index in [1.54, 1.807) is 12.0 Å². The van der Waals surface area contributed by atoms with E-state index in [0.717, 1.165) is 17.0 Å². The monoisotopic (exact) mass is 370 g/mol. The Morgan fingerprint density at radius 3 is 2.78 bits per heavy atom. The molecule has 0 fully saturated rings. The van der Waals surface area contributed by atoms with Gasteiger partial charge in [0.05, 0.1) is 25.9 Å². The van der Waals surface area contributed by atoms with E-state index < -0.39 is 5.92 Å². The number of halogens is 2. The molecule has 0 radical (unpaired) electrons. The molecule has 1 aromatic carbocycles. The van der Waals surface area contributed by atoms with Gasteiger partial charge in [0.15, 0.2) is 0 Å². The summed E-state index contributed by atoms with van der Waals surface area (Å²) in [6.45, 7) is 0.866. The van der Waals surface area contributed by atoms with Gasteiger partial charge in [-0.05, 0) is 36.0 Å². The molecule has 0 saturated heterocycles. The summed E-state index contributed by atoms with van der Waals surface area (Å²) in [6, 6.07) is 7.49. The molecule has 0 atom stereocenters. The second-order valence-corrected chi connectivity index (χ2v) is 7.33. The van der Waals surface area contributed by atoms with Gasteiger partial charge < -0.3 is 4.74 Å². The summed E-state index contributed by atoms with van der Waals surface area (Å²) in [6.07, 6.45) is 1.70. The molecule has 2 aliphatic rings. The van der Waals surface area contributed by atoms with Crippen molar-refractivity contribution in [2.45, 2.75) is 38.1 Å². The van der Waals surface area contributed by atoms with Crippen LogP contribution in [-0.2, 0) is 31.8 Å². The fourth-order valence-corrected chi connectivity index (χ4v) is 4.10. The lowest BCUT2D eigenvalue weighted by Crippen LogP contribution is -2.35. The Morgan fingerprint density at radius 2 is 2.07 bits per heavy atom. The summed E-state index contributed by atoms with van der Waals surface area (Å²) in [4.78, 5) is 1.77. The number of benzene rings is 1. The summed E-state index contributed by atoms with van der Waals surface area (Å²) < 4.78 is 37.0. The first kappa shape index (κ1) is 18.0. The number of methoxy groups -OCH3 is 1.